The average molecular weight is 514 g/mol. The highest BCUT2D eigenvalue weighted by Crippen LogP contribution is 2.43. The Morgan fingerprint density at radius 2 is 1.53 bits per heavy atom. The van der Waals surface area contributed by atoms with Crippen molar-refractivity contribution < 1.29 is 19.5 Å². The Kier molecular flexibility index (Phi) is 7.32. The molecule has 194 valence electrons. The van der Waals surface area contributed by atoms with Crippen LogP contribution in [0.25, 0.3) is 10.9 Å². The minimum Gasteiger partial charge on any atom is -0.507 e. The summed E-state index contributed by atoms with van der Waals surface area (Å²) < 4.78 is 2.15. The number of aromatic nitrogens is 1. The summed E-state index contributed by atoms with van der Waals surface area (Å²) in [5.41, 5.74) is 2.97. The van der Waals surface area contributed by atoms with Gasteiger partial charge in [-0.25, -0.2) is 0 Å². The minimum absolute atomic E-state index is 0.100. The molecule has 2 aromatic carbocycles. The number of carbonyl (C=O) groups excluding carboxylic acids is 1. The lowest BCUT2D eigenvalue weighted by molar-refractivity contribution is -0.862. The number of phenolic OH excluding ortho intramolecular Hbond substituents is 1. The quantitative estimate of drug-likeness (QED) is 0.295. The molecular weight excluding hydrogens is 476 g/mol. The third-order valence-corrected chi connectivity index (χ3v) is 6.20. The molecule has 0 aliphatic heterocycles. The zero-order valence-electron chi connectivity index (χ0n) is 22.8. The van der Waals surface area contributed by atoms with Gasteiger partial charge in [0.15, 0.2) is 12.2 Å². The maximum atomic E-state index is 12.3. The number of benzene rings is 2. The second-order valence-electron chi connectivity index (χ2n) is 12.5. The van der Waals surface area contributed by atoms with Crippen LogP contribution in [0.1, 0.15) is 58.2 Å². The van der Waals surface area contributed by atoms with Gasteiger partial charge in [-0.05, 0) is 57.9 Å². The molecule has 0 aliphatic carbocycles. The van der Waals surface area contributed by atoms with Gasteiger partial charge in [-0.1, -0.05) is 53.1 Å². The fraction of sp³-hybridized carbons (Fsp3) is 0.464. The molecule has 1 aromatic heterocycles. The van der Waals surface area contributed by atoms with Gasteiger partial charge >= 0.3 is 5.91 Å². The van der Waals surface area contributed by atoms with Gasteiger partial charge in [0, 0.05) is 10.4 Å². The molecule has 0 fully saturated rings. The summed E-state index contributed by atoms with van der Waals surface area (Å²) in [5, 5.41) is 31.4. The fourth-order valence-electron chi connectivity index (χ4n) is 4.21. The predicted molar refractivity (Wildman–Crippen MR) is 146 cm³/mol. The van der Waals surface area contributed by atoms with Crippen LogP contribution >= 0.6 is 11.6 Å². The maximum Gasteiger partial charge on any atom is 0.319 e. The van der Waals surface area contributed by atoms with E-state index < -0.39 is 0 Å². The summed E-state index contributed by atoms with van der Waals surface area (Å²) in [7, 11) is 5.68. The van der Waals surface area contributed by atoms with Crippen LogP contribution in [0, 0.1) is 0 Å². The molecule has 0 spiro atoms. The van der Waals surface area contributed by atoms with Crippen LogP contribution in [0.5, 0.6) is 11.6 Å². The fourth-order valence-corrected chi connectivity index (χ4v) is 4.38. The molecule has 1 heterocycles. The number of carbonyl (C=O) groups is 1. The van der Waals surface area contributed by atoms with Gasteiger partial charge in [0.25, 0.3) is 0 Å². The van der Waals surface area contributed by atoms with Gasteiger partial charge in [0.1, 0.15) is 5.75 Å². The van der Waals surface area contributed by atoms with E-state index >= 15 is 0 Å². The van der Waals surface area contributed by atoms with E-state index in [4.69, 9.17) is 11.6 Å². The van der Waals surface area contributed by atoms with E-state index in [1.54, 1.807) is 16.7 Å². The summed E-state index contributed by atoms with van der Waals surface area (Å²) in [4.78, 5) is 12.3. The topological polar surface area (TPSA) is 87.2 Å². The van der Waals surface area contributed by atoms with Crippen LogP contribution in [0.4, 0.5) is 5.69 Å². The summed E-state index contributed by atoms with van der Waals surface area (Å²) in [6.45, 7) is 12.9. The van der Waals surface area contributed by atoms with E-state index in [1.807, 2.05) is 39.3 Å². The Balaban J connectivity index is 2.16. The number of fused-ring (bicyclic) bond motifs is 1. The molecule has 36 heavy (non-hydrogen) atoms. The number of azo groups is 1. The highest BCUT2D eigenvalue weighted by molar-refractivity contribution is 6.31. The molecule has 2 N–H and O–H groups in total. The van der Waals surface area contributed by atoms with Crippen LogP contribution in [-0.2, 0) is 22.2 Å². The molecule has 8 heteroatoms. The van der Waals surface area contributed by atoms with Crippen molar-refractivity contribution in [2.75, 3.05) is 27.7 Å². The van der Waals surface area contributed by atoms with E-state index in [2.05, 4.69) is 51.8 Å². The van der Waals surface area contributed by atoms with Gasteiger partial charge in [0.05, 0.1) is 33.2 Å². The Labute approximate surface area is 218 Å². The molecule has 0 radical (unpaired) electrons. The number of hydrogen-bond acceptors (Lipinski definition) is 4. The van der Waals surface area contributed by atoms with Gasteiger partial charge in [0.2, 0.25) is 5.88 Å². The predicted octanol–water partition coefficient (Wildman–Crippen LogP) is 6.67. The monoisotopic (exact) mass is 513 g/mol. The summed E-state index contributed by atoms with van der Waals surface area (Å²) >= 11 is 6.26. The normalized spacial score (nSPS) is 13.2. The number of hydrogen-bond donors (Lipinski definition) is 2. The molecule has 3 aromatic rings. The Morgan fingerprint density at radius 3 is 2.03 bits per heavy atom. The second kappa shape index (κ2) is 9.52. The summed E-state index contributed by atoms with van der Waals surface area (Å²) in [6.07, 6.45) is 0. The van der Waals surface area contributed by atoms with Crippen LogP contribution in [0.3, 0.4) is 0 Å². The molecule has 1 amide bonds. The molecule has 0 atom stereocenters. The van der Waals surface area contributed by atoms with Crippen LogP contribution in [0.2, 0.25) is 5.02 Å². The van der Waals surface area contributed by atoms with Crippen molar-refractivity contribution in [2.24, 2.45) is 10.2 Å². The standard InChI is InChI=1S/C28H37ClN4O3/c1-27(2,3)20-12-17(13-21(25(20)35)28(4,5)6)15-32-22-11-10-18(29)14-19(22)24(26(32)36)31-30-23(34)16-33(7,8)9/h10-14H,15-16H2,1-9H3,(H-,30,34,35,36)/p+1. The van der Waals surface area contributed by atoms with Crippen LogP contribution in [-0.4, -0.2) is 52.9 Å². The number of quaternary nitrogens is 1. The average Bonchev–Trinajstić information content (AvgIpc) is 2.95. The summed E-state index contributed by atoms with van der Waals surface area (Å²) in [5.74, 6) is -0.179. The first-order valence-electron chi connectivity index (χ1n) is 12.0. The third kappa shape index (κ3) is 6.08. The largest absolute Gasteiger partial charge is 0.507 e. The Bertz CT molecular complexity index is 1300. The van der Waals surface area contributed by atoms with E-state index in [-0.39, 0.29) is 34.8 Å². The molecule has 0 bridgehead atoms. The zero-order chi connectivity index (χ0) is 27.2. The molecular formula is C28H38ClN4O3+. The number of aromatic hydroxyl groups is 2. The lowest BCUT2D eigenvalue weighted by Gasteiger charge is -2.28. The minimum atomic E-state index is -0.381. The third-order valence-electron chi connectivity index (χ3n) is 5.97. The van der Waals surface area contributed by atoms with Gasteiger partial charge < -0.3 is 19.3 Å². The van der Waals surface area contributed by atoms with Crippen molar-refractivity contribution >= 4 is 34.1 Å². The van der Waals surface area contributed by atoms with E-state index in [0.717, 1.165) is 16.7 Å². The van der Waals surface area contributed by atoms with Crippen molar-refractivity contribution in [3.05, 3.63) is 52.0 Å². The highest BCUT2D eigenvalue weighted by Gasteiger charge is 2.27. The highest BCUT2D eigenvalue weighted by atomic mass is 35.5. The number of halogens is 1. The van der Waals surface area contributed by atoms with Crippen molar-refractivity contribution in [1.82, 2.24) is 4.57 Å². The maximum absolute atomic E-state index is 12.3. The van der Waals surface area contributed by atoms with Crippen molar-refractivity contribution in [1.29, 1.82) is 0 Å². The van der Waals surface area contributed by atoms with Gasteiger partial charge in [-0.15, -0.1) is 10.2 Å². The number of phenols is 1. The molecule has 0 saturated heterocycles. The van der Waals surface area contributed by atoms with Gasteiger partial charge in [-0.3, -0.25) is 4.79 Å². The van der Waals surface area contributed by atoms with E-state index in [0.29, 0.717) is 32.7 Å². The van der Waals surface area contributed by atoms with Gasteiger partial charge in [-0.2, -0.15) is 0 Å². The molecule has 7 nitrogen and oxygen atoms in total. The molecule has 0 saturated carbocycles. The first-order chi connectivity index (χ1) is 16.4. The SMILES string of the molecule is CC(C)(C)c1cc(Cn2c(O)c(N=NC(=O)C[N+](C)(C)C)c3cc(Cl)ccc32)cc(C(C)(C)C)c1O. The van der Waals surface area contributed by atoms with Crippen LogP contribution in [0.15, 0.2) is 40.6 Å². The molecule has 0 unspecified atom stereocenters. The lowest BCUT2D eigenvalue weighted by atomic mass is 9.78. The second-order valence-corrected chi connectivity index (χ2v) is 12.9. The van der Waals surface area contributed by atoms with Crippen molar-refractivity contribution in [3.63, 3.8) is 0 Å². The zero-order valence-corrected chi connectivity index (χ0v) is 23.5. The number of rotatable bonds is 5. The number of amides is 1. The summed E-state index contributed by atoms with van der Waals surface area (Å²) in [6, 6.07) is 9.25. The number of nitrogens with zero attached hydrogens (tertiary/aromatic N) is 4. The molecule has 3 rings (SSSR count). The Morgan fingerprint density at radius 1 is 0.972 bits per heavy atom. The smallest absolute Gasteiger partial charge is 0.319 e. The van der Waals surface area contributed by atoms with Crippen LogP contribution < -0.4 is 0 Å². The lowest BCUT2D eigenvalue weighted by Crippen LogP contribution is -2.38. The van der Waals surface area contributed by atoms with Crippen molar-refractivity contribution in [2.45, 2.75) is 58.9 Å². The number of likely N-dealkylation sites (N-methyl/N-ethyl adjacent to an activating group) is 1. The van der Waals surface area contributed by atoms with E-state index in [9.17, 15) is 15.0 Å². The molecule has 0 aliphatic rings. The van der Waals surface area contributed by atoms with E-state index in [1.165, 1.54) is 0 Å². The first kappa shape index (κ1) is 27.7. The Hall–Kier alpha value is -2.90. The first-order valence-corrected chi connectivity index (χ1v) is 12.4. The van der Waals surface area contributed by atoms with Crippen molar-refractivity contribution in [3.8, 4) is 11.6 Å².